The second-order valence-electron chi connectivity index (χ2n) is 5.31. The number of hydrogen-bond donors (Lipinski definition) is 1. The van der Waals surface area contributed by atoms with Crippen molar-refractivity contribution in [1.82, 2.24) is 10.1 Å². The Morgan fingerprint density at radius 2 is 2.39 bits per heavy atom. The molecule has 1 aromatic rings. The summed E-state index contributed by atoms with van der Waals surface area (Å²) in [5.74, 6) is 3.31. The third kappa shape index (κ3) is 2.06. The lowest BCUT2D eigenvalue weighted by molar-refractivity contribution is 0.0677. The minimum Gasteiger partial charge on any atom is -0.368 e. The maximum Gasteiger partial charge on any atom is 0.234 e. The number of hydrogen-bond acceptors (Lipinski definition) is 6. The molecular weight excluding hydrogens is 250 g/mol. The maximum atomic E-state index is 6.17. The van der Waals surface area contributed by atoms with Gasteiger partial charge in [-0.15, -0.1) is 0 Å². The Morgan fingerprint density at radius 3 is 3.06 bits per heavy atom. The van der Waals surface area contributed by atoms with Crippen LogP contribution in [0.25, 0.3) is 0 Å². The molecule has 2 heterocycles. The molecule has 3 rings (SSSR count). The average Bonchev–Trinajstić information content (AvgIpc) is 3.00. The molecule has 1 aliphatic carbocycles. The first-order valence-corrected chi connectivity index (χ1v) is 7.64. The molecule has 0 aromatic carbocycles. The second kappa shape index (κ2) is 4.83. The number of rotatable bonds is 2. The zero-order valence-electron chi connectivity index (χ0n) is 10.6. The van der Waals surface area contributed by atoms with E-state index in [0.29, 0.717) is 11.7 Å². The van der Waals surface area contributed by atoms with E-state index in [1.165, 1.54) is 0 Å². The Kier molecular flexibility index (Phi) is 3.34. The number of nitrogens with zero attached hydrogens (tertiary/aromatic N) is 2. The summed E-state index contributed by atoms with van der Waals surface area (Å²) < 4.78 is 11.1. The summed E-state index contributed by atoms with van der Waals surface area (Å²) in [6, 6.07) is 0.118. The highest BCUT2D eigenvalue weighted by Crippen LogP contribution is 2.39. The first-order chi connectivity index (χ1) is 8.70. The van der Waals surface area contributed by atoms with E-state index < -0.39 is 0 Å². The van der Waals surface area contributed by atoms with Crippen LogP contribution in [0, 0.1) is 0 Å². The topological polar surface area (TPSA) is 74.2 Å². The fourth-order valence-electron chi connectivity index (χ4n) is 2.69. The Balaban J connectivity index is 1.80. The molecule has 0 spiro atoms. The third-order valence-electron chi connectivity index (χ3n) is 4.06. The predicted octanol–water partition coefficient (Wildman–Crippen LogP) is 1.64. The van der Waals surface area contributed by atoms with E-state index in [-0.39, 0.29) is 17.6 Å². The van der Waals surface area contributed by atoms with Gasteiger partial charge in [0, 0.05) is 17.5 Å². The van der Waals surface area contributed by atoms with E-state index in [0.717, 1.165) is 37.4 Å². The molecule has 3 unspecified atom stereocenters. The molecule has 1 saturated heterocycles. The second-order valence-corrected chi connectivity index (χ2v) is 6.46. The molecule has 0 bridgehead atoms. The van der Waals surface area contributed by atoms with E-state index in [1.54, 1.807) is 0 Å². The first kappa shape index (κ1) is 12.4. The summed E-state index contributed by atoms with van der Waals surface area (Å²) in [5.41, 5.74) is 6.01. The molecule has 0 radical (unpaired) electrons. The van der Waals surface area contributed by atoms with Gasteiger partial charge in [-0.05, 0) is 19.8 Å². The van der Waals surface area contributed by atoms with Gasteiger partial charge in [-0.25, -0.2) is 0 Å². The monoisotopic (exact) mass is 269 g/mol. The van der Waals surface area contributed by atoms with Crippen LogP contribution in [0.15, 0.2) is 4.52 Å². The van der Waals surface area contributed by atoms with Crippen LogP contribution in [0.3, 0.4) is 0 Å². The van der Waals surface area contributed by atoms with Gasteiger partial charge in [0.2, 0.25) is 11.7 Å². The molecule has 1 saturated carbocycles. The van der Waals surface area contributed by atoms with Gasteiger partial charge in [-0.3, -0.25) is 0 Å². The van der Waals surface area contributed by atoms with E-state index in [1.807, 2.05) is 11.8 Å². The smallest absolute Gasteiger partial charge is 0.234 e. The molecule has 0 amide bonds. The van der Waals surface area contributed by atoms with Crippen molar-refractivity contribution in [2.45, 2.75) is 43.7 Å². The van der Waals surface area contributed by atoms with Gasteiger partial charge < -0.3 is 15.0 Å². The summed E-state index contributed by atoms with van der Waals surface area (Å²) >= 11 is 1.87. The van der Waals surface area contributed by atoms with Crippen molar-refractivity contribution in [2.24, 2.45) is 5.73 Å². The van der Waals surface area contributed by atoms with Crippen LogP contribution in [0.5, 0.6) is 0 Å². The molecule has 2 N–H and O–H groups in total. The van der Waals surface area contributed by atoms with E-state index in [2.05, 4.69) is 17.1 Å². The van der Waals surface area contributed by atoms with Crippen LogP contribution in [0.2, 0.25) is 0 Å². The van der Waals surface area contributed by atoms with Crippen molar-refractivity contribution in [3.05, 3.63) is 11.7 Å². The van der Waals surface area contributed by atoms with Crippen molar-refractivity contribution in [1.29, 1.82) is 0 Å². The SMILES string of the molecule is CC1(c2nc(C3CSCCO3)no2)CCCC1N. The fourth-order valence-corrected chi connectivity index (χ4v) is 3.53. The van der Waals surface area contributed by atoms with Gasteiger partial charge in [-0.1, -0.05) is 11.6 Å². The number of nitrogens with two attached hydrogens (primary N) is 1. The minimum absolute atomic E-state index is 0.0255. The van der Waals surface area contributed by atoms with Crippen LogP contribution >= 0.6 is 11.8 Å². The zero-order valence-corrected chi connectivity index (χ0v) is 11.4. The van der Waals surface area contributed by atoms with Crippen LogP contribution in [0.4, 0.5) is 0 Å². The molecule has 1 aliphatic heterocycles. The average molecular weight is 269 g/mol. The maximum absolute atomic E-state index is 6.17. The van der Waals surface area contributed by atoms with Crippen LogP contribution in [0.1, 0.15) is 44.0 Å². The van der Waals surface area contributed by atoms with Gasteiger partial charge in [-0.2, -0.15) is 16.7 Å². The lowest BCUT2D eigenvalue weighted by Crippen LogP contribution is -2.38. The van der Waals surface area contributed by atoms with Crippen LogP contribution < -0.4 is 5.73 Å². The van der Waals surface area contributed by atoms with Gasteiger partial charge in [0.1, 0.15) is 6.10 Å². The minimum atomic E-state index is -0.160. The van der Waals surface area contributed by atoms with Gasteiger partial charge in [0.25, 0.3) is 0 Å². The standard InChI is InChI=1S/C12H19N3O2S/c1-12(4-2-3-9(12)13)11-14-10(15-17-11)8-7-18-6-5-16-8/h8-9H,2-7,13H2,1H3. The third-order valence-corrected chi connectivity index (χ3v) is 5.06. The van der Waals surface area contributed by atoms with Crippen LogP contribution in [-0.2, 0) is 10.2 Å². The number of ether oxygens (including phenoxy) is 1. The van der Waals surface area contributed by atoms with Crippen LogP contribution in [-0.4, -0.2) is 34.3 Å². The van der Waals surface area contributed by atoms with Crippen molar-refractivity contribution in [3.8, 4) is 0 Å². The normalized spacial score (nSPS) is 37.0. The van der Waals surface area contributed by atoms with Gasteiger partial charge >= 0.3 is 0 Å². The highest BCUT2D eigenvalue weighted by Gasteiger charge is 2.43. The quantitative estimate of drug-likeness (QED) is 0.880. The molecule has 2 aliphatic rings. The lowest BCUT2D eigenvalue weighted by Gasteiger charge is -2.24. The Labute approximate surface area is 111 Å². The molecule has 18 heavy (non-hydrogen) atoms. The molecular formula is C12H19N3O2S. The van der Waals surface area contributed by atoms with E-state index in [4.69, 9.17) is 15.0 Å². The lowest BCUT2D eigenvalue weighted by atomic mass is 9.85. The molecule has 1 aromatic heterocycles. The molecule has 2 fully saturated rings. The fraction of sp³-hybridized carbons (Fsp3) is 0.833. The molecule has 3 atom stereocenters. The summed E-state index contributed by atoms with van der Waals surface area (Å²) in [6.45, 7) is 2.88. The molecule has 5 nitrogen and oxygen atoms in total. The summed E-state index contributed by atoms with van der Waals surface area (Å²) in [5, 5.41) is 4.08. The summed E-state index contributed by atoms with van der Waals surface area (Å²) in [7, 11) is 0. The van der Waals surface area contributed by atoms with Crippen molar-refractivity contribution < 1.29 is 9.26 Å². The highest BCUT2D eigenvalue weighted by atomic mass is 32.2. The van der Waals surface area contributed by atoms with Crippen molar-refractivity contribution >= 4 is 11.8 Å². The first-order valence-electron chi connectivity index (χ1n) is 6.49. The van der Waals surface area contributed by atoms with E-state index in [9.17, 15) is 0 Å². The predicted molar refractivity (Wildman–Crippen MR) is 69.5 cm³/mol. The van der Waals surface area contributed by atoms with Gasteiger partial charge in [0.15, 0.2) is 0 Å². The van der Waals surface area contributed by atoms with Gasteiger partial charge in [0.05, 0.1) is 12.0 Å². The Morgan fingerprint density at radius 1 is 1.50 bits per heavy atom. The van der Waals surface area contributed by atoms with E-state index >= 15 is 0 Å². The number of thioether (sulfide) groups is 1. The number of aromatic nitrogens is 2. The Hall–Kier alpha value is -0.590. The largest absolute Gasteiger partial charge is 0.368 e. The van der Waals surface area contributed by atoms with Crippen molar-refractivity contribution in [3.63, 3.8) is 0 Å². The zero-order chi connectivity index (χ0) is 12.6. The summed E-state index contributed by atoms with van der Waals surface area (Å²) in [4.78, 5) is 4.54. The summed E-state index contributed by atoms with van der Waals surface area (Å²) in [6.07, 6.45) is 3.16. The van der Waals surface area contributed by atoms with Crippen molar-refractivity contribution in [2.75, 3.05) is 18.1 Å². The molecule has 6 heteroatoms. The highest BCUT2D eigenvalue weighted by molar-refractivity contribution is 7.99. The Bertz CT molecular complexity index is 419. The molecule has 100 valence electrons.